The first kappa shape index (κ1) is 14.5. The van der Waals surface area contributed by atoms with E-state index >= 15 is 0 Å². The summed E-state index contributed by atoms with van der Waals surface area (Å²) in [6.45, 7) is 0.908. The number of nitrogens with one attached hydrogen (secondary N) is 2. The molecule has 0 saturated carbocycles. The Balaban J connectivity index is 1.76. The lowest BCUT2D eigenvalue weighted by atomic mass is 10.3. The fourth-order valence-electron chi connectivity index (χ4n) is 1.52. The molecule has 0 radical (unpaired) electrons. The van der Waals surface area contributed by atoms with Gasteiger partial charge in [-0.1, -0.05) is 33.6 Å². The highest BCUT2D eigenvalue weighted by Gasteiger charge is 2.03. The van der Waals surface area contributed by atoms with Crippen molar-refractivity contribution in [1.82, 2.24) is 5.32 Å². The van der Waals surface area contributed by atoms with E-state index in [9.17, 15) is 4.79 Å². The minimum Gasteiger partial charge on any atom is -0.325 e. The lowest BCUT2D eigenvalue weighted by Gasteiger charge is -2.06. The Morgan fingerprint density at radius 1 is 1.32 bits per heavy atom. The fourth-order valence-corrected chi connectivity index (χ4v) is 2.97. The van der Waals surface area contributed by atoms with Crippen LogP contribution in [0.2, 0.25) is 4.34 Å². The predicted molar refractivity (Wildman–Crippen MR) is 83.8 cm³/mol. The molecule has 1 aromatic heterocycles. The van der Waals surface area contributed by atoms with E-state index in [1.54, 1.807) is 0 Å². The zero-order chi connectivity index (χ0) is 13.7. The Bertz CT molecular complexity index is 573. The van der Waals surface area contributed by atoms with Gasteiger partial charge in [-0.15, -0.1) is 11.3 Å². The number of carbonyl (C=O) groups excluding carboxylic acids is 1. The summed E-state index contributed by atoms with van der Waals surface area (Å²) in [5.74, 6) is -0.0687. The topological polar surface area (TPSA) is 41.1 Å². The molecule has 100 valence electrons. The lowest BCUT2D eigenvalue weighted by Crippen LogP contribution is -2.27. The largest absolute Gasteiger partial charge is 0.325 e. The van der Waals surface area contributed by atoms with E-state index in [-0.39, 0.29) is 12.5 Å². The van der Waals surface area contributed by atoms with Crippen molar-refractivity contribution in [2.45, 2.75) is 6.54 Å². The van der Waals surface area contributed by atoms with Crippen molar-refractivity contribution in [2.75, 3.05) is 11.9 Å². The van der Waals surface area contributed by atoms with Gasteiger partial charge in [0.2, 0.25) is 5.91 Å². The van der Waals surface area contributed by atoms with Gasteiger partial charge in [-0.3, -0.25) is 4.79 Å². The van der Waals surface area contributed by atoms with Crippen LogP contribution in [0.5, 0.6) is 0 Å². The highest BCUT2D eigenvalue weighted by Crippen LogP contribution is 2.21. The summed E-state index contributed by atoms with van der Waals surface area (Å²) in [5, 5.41) is 5.90. The third-order valence-electron chi connectivity index (χ3n) is 2.32. The molecule has 0 aliphatic heterocycles. The lowest BCUT2D eigenvalue weighted by molar-refractivity contribution is -0.115. The third-order valence-corrected chi connectivity index (χ3v) is 4.05. The molecule has 1 heterocycles. The summed E-state index contributed by atoms with van der Waals surface area (Å²) in [5.41, 5.74) is 0.778. The van der Waals surface area contributed by atoms with Gasteiger partial charge in [0.05, 0.1) is 10.9 Å². The van der Waals surface area contributed by atoms with Crippen molar-refractivity contribution in [3.05, 3.63) is 50.1 Å². The monoisotopic (exact) mass is 358 g/mol. The van der Waals surface area contributed by atoms with Crippen LogP contribution in [-0.2, 0) is 11.3 Å². The molecule has 0 spiro atoms. The summed E-state index contributed by atoms with van der Waals surface area (Å²) in [7, 11) is 0. The molecule has 2 rings (SSSR count). The highest BCUT2D eigenvalue weighted by atomic mass is 79.9. The van der Waals surface area contributed by atoms with Crippen LogP contribution in [0.1, 0.15) is 4.88 Å². The molecule has 0 saturated heterocycles. The number of anilines is 1. The maximum absolute atomic E-state index is 11.7. The van der Waals surface area contributed by atoms with Gasteiger partial charge in [0.1, 0.15) is 0 Å². The molecule has 1 amide bonds. The van der Waals surface area contributed by atoms with Crippen LogP contribution in [-0.4, -0.2) is 12.5 Å². The molecular weight excluding hydrogens is 348 g/mol. The van der Waals surface area contributed by atoms with Crippen LogP contribution in [0.15, 0.2) is 40.9 Å². The van der Waals surface area contributed by atoms with Crippen molar-refractivity contribution in [2.24, 2.45) is 0 Å². The van der Waals surface area contributed by atoms with Gasteiger partial charge in [0.15, 0.2) is 0 Å². The molecule has 0 fully saturated rings. The maximum Gasteiger partial charge on any atom is 0.238 e. The Morgan fingerprint density at radius 3 is 2.84 bits per heavy atom. The Kier molecular flexibility index (Phi) is 5.39. The number of hydrogen-bond donors (Lipinski definition) is 2. The van der Waals surface area contributed by atoms with Gasteiger partial charge in [0, 0.05) is 21.6 Å². The van der Waals surface area contributed by atoms with Crippen molar-refractivity contribution in [3.8, 4) is 0 Å². The van der Waals surface area contributed by atoms with E-state index in [1.165, 1.54) is 11.3 Å². The van der Waals surface area contributed by atoms with Crippen LogP contribution >= 0.6 is 38.9 Å². The standard InChI is InChI=1S/C13H12BrClN2OS/c14-9-2-1-3-10(6-9)17-13(18)8-16-7-11-4-5-12(15)19-11/h1-6,16H,7-8H2,(H,17,18). The first-order valence-corrected chi connectivity index (χ1v) is 7.62. The summed E-state index contributed by atoms with van der Waals surface area (Å²) < 4.78 is 1.70. The Morgan fingerprint density at radius 2 is 2.16 bits per heavy atom. The van der Waals surface area contributed by atoms with Gasteiger partial charge >= 0.3 is 0 Å². The molecule has 0 bridgehead atoms. The molecule has 0 atom stereocenters. The molecular formula is C13H12BrClN2OS. The maximum atomic E-state index is 11.7. The van der Waals surface area contributed by atoms with E-state index < -0.39 is 0 Å². The van der Waals surface area contributed by atoms with E-state index in [1.807, 2.05) is 36.4 Å². The zero-order valence-electron chi connectivity index (χ0n) is 9.95. The second-order valence-electron chi connectivity index (χ2n) is 3.87. The fraction of sp³-hybridized carbons (Fsp3) is 0.154. The molecule has 0 aliphatic carbocycles. The molecule has 2 N–H and O–H groups in total. The first-order valence-electron chi connectivity index (χ1n) is 5.64. The summed E-state index contributed by atoms with van der Waals surface area (Å²) in [6.07, 6.45) is 0. The smallest absolute Gasteiger partial charge is 0.238 e. The van der Waals surface area contributed by atoms with E-state index in [0.29, 0.717) is 6.54 Å². The van der Waals surface area contributed by atoms with E-state index in [0.717, 1.165) is 19.4 Å². The number of halogens is 2. The number of rotatable bonds is 5. The van der Waals surface area contributed by atoms with Gasteiger partial charge in [0.25, 0.3) is 0 Å². The van der Waals surface area contributed by atoms with Gasteiger partial charge in [-0.2, -0.15) is 0 Å². The van der Waals surface area contributed by atoms with Crippen molar-refractivity contribution < 1.29 is 4.79 Å². The molecule has 19 heavy (non-hydrogen) atoms. The molecule has 2 aromatic rings. The number of carbonyl (C=O) groups is 1. The van der Waals surface area contributed by atoms with Crippen LogP contribution < -0.4 is 10.6 Å². The quantitative estimate of drug-likeness (QED) is 0.850. The van der Waals surface area contributed by atoms with Crippen LogP contribution in [0.25, 0.3) is 0 Å². The second kappa shape index (κ2) is 7.05. The van der Waals surface area contributed by atoms with Gasteiger partial charge in [-0.25, -0.2) is 0 Å². The average molecular weight is 360 g/mol. The number of thiophene rings is 1. The minimum atomic E-state index is -0.0687. The molecule has 0 unspecified atom stereocenters. The summed E-state index contributed by atoms with van der Waals surface area (Å²) >= 11 is 10.7. The summed E-state index contributed by atoms with van der Waals surface area (Å²) in [4.78, 5) is 12.8. The average Bonchev–Trinajstić information content (AvgIpc) is 2.75. The molecule has 1 aromatic carbocycles. The number of amides is 1. The SMILES string of the molecule is O=C(CNCc1ccc(Cl)s1)Nc1cccc(Br)c1. The van der Waals surface area contributed by atoms with Crippen LogP contribution in [0.3, 0.4) is 0 Å². The van der Waals surface area contributed by atoms with Crippen molar-refractivity contribution in [1.29, 1.82) is 0 Å². The minimum absolute atomic E-state index is 0.0687. The zero-order valence-corrected chi connectivity index (χ0v) is 13.1. The van der Waals surface area contributed by atoms with Gasteiger partial charge in [-0.05, 0) is 30.3 Å². The predicted octanol–water partition coefficient (Wildman–Crippen LogP) is 3.89. The van der Waals surface area contributed by atoms with E-state index in [4.69, 9.17) is 11.6 Å². The second-order valence-corrected chi connectivity index (χ2v) is 6.58. The Hall–Kier alpha value is -0.880. The molecule has 3 nitrogen and oxygen atoms in total. The molecule has 6 heteroatoms. The van der Waals surface area contributed by atoms with Crippen molar-refractivity contribution in [3.63, 3.8) is 0 Å². The van der Waals surface area contributed by atoms with Gasteiger partial charge < -0.3 is 10.6 Å². The Labute approximate surface area is 129 Å². The first-order chi connectivity index (χ1) is 9.13. The van der Waals surface area contributed by atoms with Crippen LogP contribution in [0.4, 0.5) is 5.69 Å². The molecule has 0 aliphatic rings. The van der Waals surface area contributed by atoms with Crippen molar-refractivity contribution >= 4 is 50.5 Å². The third kappa shape index (κ3) is 4.95. The number of hydrogen-bond acceptors (Lipinski definition) is 3. The number of benzene rings is 1. The van der Waals surface area contributed by atoms with Crippen LogP contribution in [0, 0.1) is 0 Å². The van der Waals surface area contributed by atoms with E-state index in [2.05, 4.69) is 26.6 Å². The normalized spacial score (nSPS) is 10.4. The highest BCUT2D eigenvalue weighted by molar-refractivity contribution is 9.10. The summed E-state index contributed by atoms with van der Waals surface area (Å²) in [6, 6.07) is 11.3.